The predicted octanol–water partition coefficient (Wildman–Crippen LogP) is 2.00. The molecular weight excluding hydrogens is 396 g/mol. The van der Waals surface area contributed by atoms with Gasteiger partial charge in [0.25, 0.3) is 0 Å². The Morgan fingerprint density at radius 3 is 2.54 bits per heavy atom. The number of benzene rings is 1. The Kier molecular flexibility index (Phi) is 3.77. The SMILES string of the molecule is COc1cc(C(N)=O)cc(I)c1I. The van der Waals surface area contributed by atoms with E-state index in [4.69, 9.17) is 10.5 Å². The van der Waals surface area contributed by atoms with Crippen molar-refractivity contribution in [3.63, 3.8) is 0 Å². The topological polar surface area (TPSA) is 52.3 Å². The van der Waals surface area contributed by atoms with Gasteiger partial charge < -0.3 is 10.5 Å². The van der Waals surface area contributed by atoms with Crippen LogP contribution in [0.5, 0.6) is 5.75 Å². The van der Waals surface area contributed by atoms with Crippen molar-refractivity contribution in [3.8, 4) is 5.75 Å². The average Bonchev–Trinajstić information content (AvgIpc) is 2.09. The second kappa shape index (κ2) is 4.45. The molecule has 0 unspecified atom stereocenters. The highest BCUT2D eigenvalue weighted by molar-refractivity contribution is 14.1. The summed E-state index contributed by atoms with van der Waals surface area (Å²) in [4.78, 5) is 10.9. The predicted molar refractivity (Wildman–Crippen MR) is 66.9 cm³/mol. The molecule has 1 aromatic carbocycles. The maximum absolute atomic E-state index is 10.9. The van der Waals surface area contributed by atoms with Crippen molar-refractivity contribution in [2.75, 3.05) is 7.11 Å². The van der Waals surface area contributed by atoms with Crippen LogP contribution in [0.4, 0.5) is 0 Å². The maximum Gasteiger partial charge on any atom is 0.248 e. The molecule has 1 aromatic rings. The summed E-state index contributed by atoms with van der Waals surface area (Å²) in [6, 6.07) is 3.39. The third-order valence-electron chi connectivity index (χ3n) is 1.50. The van der Waals surface area contributed by atoms with Crippen molar-refractivity contribution in [1.82, 2.24) is 0 Å². The third-order valence-corrected chi connectivity index (χ3v) is 4.49. The number of nitrogens with two attached hydrogens (primary N) is 1. The van der Waals surface area contributed by atoms with Gasteiger partial charge >= 0.3 is 0 Å². The summed E-state index contributed by atoms with van der Waals surface area (Å²) in [5.41, 5.74) is 5.63. The minimum atomic E-state index is -0.437. The van der Waals surface area contributed by atoms with Gasteiger partial charge in [-0.3, -0.25) is 4.79 Å². The molecule has 2 N–H and O–H groups in total. The number of amides is 1. The van der Waals surface area contributed by atoms with Crippen LogP contribution >= 0.6 is 45.2 Å². The van der Waals surface area contributed by atoms with Crippen molar-refractivity contribution < 1.29 is 9.53 Å². The van der Waals surface area contributed by atoms with Gasteiger partial charge in [0, 0.05) is 9.13 Å². The number of carbonyl (C=O) groups excluding carboxylic acids is 1. The van der Waals surface area contributed by atoms with Crippen molar-refractivity contribution in [2.24, 2.45) is 5.73 Å². The van der Waals surface area contributed by atoms with Gasteiger partial charge in [0.05, 0.1) is 10.7 Å². The van der Waals surface area contributed by atoms with E-state index >= 15 is 0 Å². The Bertz CT molecular complexity index is 352. The Morgan fingerprint density at radius 1 is 1.46 bits per heavy atom. The van der Waals surface area contributed by atoms with Crippen LogP contribution in [0.15, 0.2) is 12.1 Å². The molecule has 0 aliphatic rings. The second-order valence-corrected chi connectivity index (χ2v) is 4.58. The van der Waals surface area contributed by atoms with Crippen LogP contribution in [0, 0.1) is 7.14 Å². The minimum absolute atomic E-state index is 0.437. The summed E-state index contributed by atoms with van der Waals surface area (Å²) in [5, 5.41) is 0. The van der Waals surface area contributed by atoms with Crippen molar-refractivity contribution in [2.45, 2.75) is 0 Å². The van der Waals surface area contributed by atoms with Crippen LogP contribution in [-0.2, 0) is 0 Å². The first kappa shape index (κ1) is 11.0. The number of hydrogen-bond acceptors (Lipinski definition) is 2. The molecular formula is C8H7I2NO2. The van der Waals surface area contributed by atoms with E-state index in [1.165, 1.54) is 0 Å². The molecule has 1 rings (SSSR count). The number of rotatable bonds is 2. The molecule has 0 aromatic heterocycles. The smallest absolute Gasteiger partial charge is 0.248 e. The van der Waals surface area contributed by atoms with Gasteiger partial charge in [0.15, 0.2) is 0 Å². The van der Waals surface area contributed by atoms with Gasteiger partial charge in [-0.2, -0.15) is 0 Å². The van der Waals surface area contributed by atoms with Crippen molar-refractivity contribution in [1.29, 1.82) is 0 Å². The number of halogens is 2. The first-order valence-electron chi connectivity index (χ1n) is 3.39. The highest BCUT2D eigenvalue weighted by Crippen LogP contribution is 2.27. The number of hydrogen-bond donors (Lipinski definition) is 1. The lowest BCUT2D eigenvalue weighted by Gasteiger charge is -2.06. The van der Waals surface area contributed by atoms with Gasteiger partial charge in [-0.15, -0.1) is 0 Å². The summed E-state index contributed by atoms with van der Waals surface area (Å²) in [6.45, 7) is 0. The van der Waals surface area contributed by atoms with Crippen LogP contribution in [-0.4, -0.2) is 13.0 Å². The molecule has 5 heteroatoms. The lowest BCUT2D eigenvalue weighted by atomic mass is 10.2. The third kappa shape index (κ3) is 2.46. The average molecular weight is 403 g/mol. The zero-order valence-corrected chi connectivity index (χ0v) is 11.1. The Balaban J connectivity index is 3.30. The molecule has 0 radical (unpaired) electrons. The molecule has 0 bridgehead atoms. The number of methoxy groups -OCH3 is 1. The lowest BCUT2D eigenvalue weighted by molar-refractivity contribution is 0.1000. The molecule has 0 fully saturated rings. The number of ether oxygens (including phenoxy) is 1. The quantitative estimate of drug-likeness (QED) is 0.769. The normalized spacial score (nSPS) is 9.77. The summed E-state index contributed by atoms with van der Waals surface area (Å²) in [6.07, 6.45) is 0. The van der Waals surface area contributed by atoms with Crippen LogP contribution in [0.2, 0.25) is 0 Å². The fourth-order valence-electron chi connectivity index (χ4n) is 0.855. The van der Waals surface area contributed by atoms with E-state index in [1.54, 1.807) is 19.2 Å². The highest BCUT2D eigenvalue weighted by atomic mass is 127. The maximum atomic E-state index is 10.9. The molecule has 0 heterocycles. The monoisotopic (exact) mass is 403 g/mol. The summed E-state index contributed by atoms with van der Waals surface area (Å²) in [5.74, 6) is 0.244. The standard InChI is InChI=1S/C8H7I2NO2/c1-13-6-3-4(8(11)12)2-5(9)7(6)10/h2-3H,1H3,(H2,11,12). The lowest BCUT2D eigenvalue weighted by Crippen LogP contribution is -2.11. The summed E-state index contributed by atoms with van der Waals surface area (Å²) < 4.78 is 7.05. The number of primary amides is 1. The van der Waals surface area contributed by atoms with E-state index < -0.39 is 5.91 Å². The molecule has 0 saturated carbocycles. The van der Waals surface area contributed by atoms with Crippen LogP contribution in [0.3, 0.4) is 0 Å². The zero-order valence-electron chi connectivity index (χ0n) is 6.80. The Labute approximate surface area is 103 Å². The van der Waals surface area contributed by atoms with Gasteiger partial charge in [-0.05, 0) is 57.3 Å². The van der Waals surface area contributed by atoms with Gasteiger partial charge in [0.2, 0.25) is 5.91 Å². The number of carbonyl (C=O) groups is 1. The van der Waals surface area contributed by atoms with Crippen molar-refractivity contribution >= 4 is 51.1 Å². The van der Waals surface area contributed by atoms with E-state index in [9.17, 15) is 4.79 Å². The van der Waals surface area contributed by atoms with E-state index in [0.717, 1.165) is 7.14 Å². The van der Waals surface area contributed by atoms with E-state index in [-0.39, 0.29) is 0 Å². The highest BCUT2D eigenvalue weighted by Gasteiger charge is 2.09. The molecule has 0 aliphatic carbocycles. The zero-order chi connectivity index (χ0) is 10.0. The Morgan fingerprint density at radius 2 is 2.08 bits per heavy atom. The van der Waals surface area contributed by atoms with E-state index in [2.05, 4.69) is 45.2 Å². The molecule has 70 valence electrons. The van der Waals surface area contributed by atoms with Gasteiger partial charge in [-0.1, -0.05) is 0 Å². The fourth-order valence-corrected chi connectivity index (χ4v) is 1.99. The molecule has 0 aliphatic heterocycles. The van der Waals surface area contributed by atoms with E-state index in [1.807, 2.05) is 0 Å². The fraction of sp³-hybridized carbons (Fsp3) is 0.125. The van der Waals surface area contributed by atoms with E-state index in [0.29, 0.717) is 11.3 Å². The van der Waals surface area contributed by atoms with Crippen LogP contribution in [0.25, 0.3) is 0 Å². The van der Waals surface area contributed by atoms with Crippen molar-refractivity contribution in [3.05, 3.63) is 24.8 Å². The summed E-state index contributed by atoms with van der Waals surface area (Å²) in [7, 11) is 1.57. The molecule has 3 nitrogen and oxygen atoms in total. The Hall–Kier alpha value is -0.0500. The first-order chi connectivity index (χ1) is 6.06. The van der Waals surface area contributed by atoms with Gasteiger partial charge in [0.1, 0.15) is 5.75 Å². The van der Waals surface area contributed by atoms with Crippen LogP contribution < -0.4 is 10.5 Å². The first-order valence-corrected chi connectivity index (χ1v) is 5.55. The molecule has 0 saturated heterocycles. The molecule has 13 heavy (non-hydrogen) atoms. The summed E-state index contributed by atoms with van der Waals surface area (Å²) >= 11 is 4.30. The second-order valence-electron chi connectivity index (χ2n) is 2.34. The largest absolute Gasteiger partial charge is 0.496 e. The van der Waals surface area contributed by atoms with Crippen LogP contribution in [0.1, 0.15) is 10.4 Å². The van der Waals surface area contributed by atoms with Gasteiger partial charge in [-0.25, -0.2) is 0 Å². The molecule has 0 atom stereocenters. The minimum Gasteiger partial charge on any atom is -0.496 e. The molecule has 1 amide bonds. The molecule has 0 spiro atoms.